The molecule has 1 aromatic heterocycles. The minimum atomic E-state index is 0.00950. The van der Waals surface area contributed by atoms with Gasteiger partial charge in [0.25, 0.3) is 5.91 Å². The molecule has 0 saturated carbocycles. The molecule has 0 aliphatic heterocycles. The molecule has 0 fully saturated rings. The summed E-state index contributed by atoms with van der Waals surface area (Å²) in [6.45, 7) is 4.28. The molecule has 0 radical (unpaired) electrons. The second kappa shape index (κ2) is 10.5. The van der Waals surface area contributed by atoms with Crippen molar-refractivity contribution in [1.29, 1.82) is 0 Å². The lowest BCUT2D eigenvalue weighted by Gasteiger charge is -2.12. The molecule has 0 spiro atoms. The number of H-pyrrole nitrogens is 1. The van der Waals surface area contributed by atoms with E-state index >= 15 is 0 Å². The van der Waals surface area contributed by atoms with Gasteiger partial charge in [0.15, 0.2) is 5.96 Å². The van der Waals surface area contributed by atoms with E-state index in [0.29, 0.717) is 12.1 Å². The summed E-state index contributed by atoms with van der Waals surface area (Å²) in [7, 11) is 3.51. The van der Waals surface area contributed by atoms with Gasteiger partial charge in [-0.15, -0.1) is 0 Å². The lowest BCUT2D eigenvalue weighted by Crippen LogP contribution is -2.37. The molecule has 30 heavy (non-hydrogen) atoms. The first-order valence-corrected chi connectivity index (χ1v) is 10.5. The Labute approximate surface area is 178 Å². The number of hydrogen-bond donors (Lipinski definition) is 3. The third kappa shape index (κ3) is 5.63. The second-order valence-electron chi connectivity index (χ2n) is 7.48. The highest BCUT2D eigenvalue weighted by Gasteiger charge is 2.07. The maximum atomic E-state index is 12.0. The van der Waals surface area contributed by atoms with Gasteiger partial charge in [-0.3, -0.25) is 4.79 Å². The van der Waals surface area contributed by atoms with Gasteiger partial charge in [0, 0.05) is 49.8 Å². The van der Waals surface area contributed by atoms with E-state index in [1.807, 2.05) is 24.3 Å². The van der Waals surface area contributed by atoms with Crippen LogP contribution in [0.3, 0.4) is 0 Å². The van der Waals surface area contributed by atoms with Gasteiger partial charge in [-0.25, -0.2) is 4.99 Å². The Balaban J connectivity index is 1.51. The van der Waals surface area contributed by atoms with Crippen LogP contribution in [0.25, 0.3) is 10.9 Å². The molecule has 0 aliphatic carbocycles. The van der Waals surface area contributed by atoms with E-state index in [9.17, 15) is 4.79 Å². The predicted octanol–water partition coefficient (Wildman–Crippen LogP) is 3.56. The Morgan fingerprint density at radius 1 is 1.07 bits per heavy atom. The second-order valence-corrected chi connectivity index (χ2v) is 7.48. The molecule has 0 bridgehead atoms. The lowest BCUT2D eigenvalue weighted by molar-refractivity contribution is 0.0827. The summed E-state index contributed by atoms with van der Waals surface area (Å²) in [5.41, 5.74) is 4.30. The van der Waals surface area contributed by atoms with Crippen molar-refractivity contribution in [3.05, 3.63) is 71.4 Å². The topological polar surface area (TPSA) is 72.5 Å². The van der Waals surface area contributed by atoms with Gasteiger partial charge in [0.2, 0.25) is 0 Å². The van der Waals surface area contributed by atoms with E-state index in [-0.39, 0.29) is 5.91 Å². The third-order valence-electron chi connectivity index (χ3n) is 4.96. The minimum Gasteiger partial charge on any atom is -0.361 e. The quantitative estimate of drug-likeness (QED) is 0.305. The number of nitrogens with one attached hydrogen (secondary N) is 3. The molecule has 6 nitrogen and oxygen atoms in total. The SMILES string of the molecule is CCNC(=NCc1ccc(C(=O)N(C)C)cc1)NCCCc1c[nH]c2ccccc12. The van der Waals surface area contributed by atoms with Crippen molar-refractivity contribution in [3.8, 4) is 0 Å². The predicted molar refractivity (Wildman–Crippen MR) is 124 cm³/mol. The number of guanidine groups is 1. The molecule has 3 N–H and O–H groups in total. The summed E-state index contributed by atoms with van der Waals surface area (Å²) in [4.78, 5) is 21.6. The van der Waals surface area contributed by atoms with E-state index in [1.165, 1.54) is 16.5 Å². The number of carbonyl (C=O) groups excluding carboxylic acids is 1. The lowest BCUT2D eigenvalue weighted by atomic mass is 10.1. The largest absolute Gasteiger partial charge is 0.361 e. The molecule has 1 amide bonds. The fourth-order valence-corrected chi connectivity index (χ4v) is 3.35. The first-order valence-electron chi connectivity index (χ1n) is 10.5. The number of aromatic nitrogens is 1. The van der Waals surface area contributed by atoms with E-state index in [2.05, 4.69) is 58.0 Å². The van der Waals surface area contributed by atoms with Gasteiger partial charge < -0.3 is 20.5 Å². The molecule has 0 saturated heterocycles. The summed E-state index contributed by atoms with van der Waals surface area (Å²) in [5.74, 6) is 0.820. The van der Waals surface area contributed by atoms with Crippen LogP contribution in [0.4, 0.5) is 0 Å². The van der Waals surface area contributed by atoms with Crippen LogP contribution in [-0.4, -0.2) is 48.9 Å². The molecular formula is C24H31N5O. The monoisotopic (exact) mass is 405 g/mol. The number of fused-ring (bicyclic) bond motifs is 1. The van der Waals surface area contributed by atoms with Crippen molar-refractivity contribution in [2.45, 2.75) is 26.3 Å². The van der Waals surface area contributed by atoms with Crippen LogP contribution in [0.2, 0.25) is 0 Å². The first kappa shape index (κ1) is 21.4. The highest BCUT2D eigenvalue weighted by molar-refractivity contribution is 5.93. The maximum absolute atomic E-state index is 12.0. The zero-order valence-electron chi connectivity index (χ0n) is 18.0. The number of rotatable bonds is 8. The van der Waals surface area contributed by atoms with Gasteiger partial charge in [-0.05, 0) is 49.1 Å². The van der Waals surface area contributed by atoms with Crippen molar-refractivity contribution < 1.29 is 4.79 Å². The van der Waals surface area contributed by atoms with Crippen molar-refractivity contribution in [2.75, 3.05) is 27.2 Å². The van der Waals surface area contributed by atoms with E-state index in [1.54, 1.807) is 19.0 Å². The number of para-hydroxylation sites is 1. The summed E-state index contributed by atoms with van der Waals surface area (Å²) in [6.07, 6.45) is 4.14. The zero-order chi connectivity index (χ0) is 21.3. The number of benzene rings is 2. The minimum absolute atomic E-state index is 0.00950. The highest BCUT2D eigenvalue weighted by atomic mass is 16.2. The third-order valence-corrected chi connectivity index (χ3v) is 4.96. The van der Waals surface area contributed by atoms with Gasteiger partial charge in [0.1, 0.15) is 0 Å². The molecule has 0 atom stereocenters. The average molecular weight is 406 g/mol. The standard InChI is InChI=1S/C24H31N5O/c1-4-25-24(28-16-18-11-13-19(14-12-18)23(30)29(2)3)26-15-7-8-20-17-27-22-10-6-5-9-21(20)22/h5-6,9-14,17,27H,4,7-8,15-16H2,1-3H3,(H2,25,26,28). The fourth-order valence-electron chi connectivity index (χ4n) is 3.35. The number of amides is 1. The number of aryl methyl sites for hydroxylation is 1. The van der Waals surface area contributed by atoms with Crippen molar-refractivity contribution >= 4 is 22.8 Å². The zero-order valence-corrected chi connectivity index (χ0v) is 18.0. The number of aliphatic imine (C=N–C) groups is 1. The van der Waals surface area contributed by atoms with Crippen LogP contribution >= 0.6 is 0 Å². The Morgan fingerprint density at radius 3 is 2.57 bits per heavy atom. The van der Waals surface area contributed by atoms with Crippen molar-refractivity contribution in [2.24, 2.45) is 4.99 Å². The van der Waals surface area contributed by atoms with Gasteiger partial charge >= 0.3 is 0 Å². The summed E-state index contributed by atoms with van der Waals surface area (Å²) < 4.78 is 0. The molecule has 1 heterocycles. The van der Waals surface area contributed by atoms with Crippen LogP contribution in [0.1, 0.15) is 34.8 Å². The van der Waals surface area contributed by atoms with Crippen LogP contribution in [0.15, 0.2) is 59.7 Å². The highest BCUT2D eigenvalue weighted by Crippen LogP contribution is 2.18. The Bertz CT molecular complexity index is 988. The summed E-state index contributed by atoms with van der Waals surface area (Å²) in [5, 5.41) is 8.01. The van der Waals surface area contributed by atoms with Crippen molar-refractivity contribution in [3.63, 3.8) is 0 Å². The van der Waals surface area contributed by atoms with Crippen LogP contribution in [-0.2, 0) is 13.0 Å². The number of aromatic amines is 1. The van der Waals surface area contributed by atoms with Crippen LogP contribution < -0.4 is 10.6 Å². The molecule has 6 heteroatoms. The Hall–Kier alpha value is -3.28. The smallest absolute Gasteiger partial charge is 0.253 e. The molecule has 2 aromatic carbocycles. The van der Waals surface area contributed by atoms with Crippen LogP contribution in [0, 0.1) is 0 Å². The number of nitrogens with zero attached hydrogens (tertiary/aromatic N) is 2. The van der Waals surface area contributed by atoms with Gasteiger partial charge in [-0.2, -0.15) is 0 Å². The number of carbonyl (C=O) groups is 1. The van der Waals surface area contributed by atoms with E-state index < -0.39 is 0 Å². The summed E-state index contributed by atoms with van der Waals surface area (Å²) >= 11 is 0. The Kier molecular flexibility index (Phi) is 7.49. The van der Waals surface area contributed by atoms with E-state index in [0.717, 1.165) is 37.5 Å². The first-order chi connectivity index (χ1) is 14.6. The molecule has 3 aromatic rings. The Morgan fingerprint density at radius 2 is 1.83 bits per heavy atom. The molecule has 0 unspecified atom stereocenters. The maximum Gasteiger partial charge on any atom is 0.253 e. The average Bonchev–Trinajstić information content (AvgIpc) is 3.18. The van der Waals surface area contributed by atoms with Crippen LogP contribution in [0.5, 0.6) is 0 Å². The normalized spacial score (nSPS) is 11.5. The fraction of sp³-hybridized carbons (Fsp3) is 0.333. The van der Waals surface area contributed by atoms with Gasteiger partial charge in [-0.1, -0.05) is 30.3 Å². The number of hydrogen-bond acceptors (Lipinski definition) is 2. The summed E-state index contributed by atoms with van der Waals surface area (Å²) in [6, 6.07) is 16.0. The van der Waals surface area contributed by atoms with Crippen molar-refractivity contribution in [1.82, 2.24) is 20.5 Å². The molecule has 0 aliphatic rings. The molecule has 158 valence electrons. The molecule has 3 rings (SSSR count). The van der Waals surface area contributed by atoms with E-state index in [4.69, 9.17) is 0 Å². The molecular weight excluding hydrogens is 374 g/mol. The van der Waals surface area contributed by atoms with Gasteiger partial charge in [0.05, 0.1) is 6.54 Å².